The number of rotatable bonds is 15. The molecule has 0 aliphatic carbocycles. The molecule has 0 saturated heterocycles. The van der Waals surface area contributed by atoms with E-state index in [0.717, 1.165) is 16.7 Å². The van der Waals surface area contributed by atoms with Crippen molar-refractivity contribution >= 4 is 17.5 Å². The highest BCUT2D eigenvalue weighted by Crippen LogP contribution is 2.46. The van der Waals surface area contributed by atoms with E-state index in [1.54, 1.807) is 55.6 Å². The smallest absolute Gasteiger partial charge is 0.252 e. The third kappa shape index (κ3) is 7.51. The number of azide groups is 2. The molecule has 1 aliphatic rings. The lowest BCUT2D eigenvalue weighted by atomic mass is 9.80. The fourth-order valence-electron chi connectivity index (χ4n) is 5.57. The lowest BCUT2D eigenvalue weighted by molar-refractivity contribution is -0.129. The van der Waals surface area contributed by atoms with Crippen LogP contribution < -0.4 is 14.8 Å². The summed E-state index contributed by atoms with van der Waals surface area (Å²) in [5, 5.41) is 19.8. The molecule has 13 nitrogen and oxygen atoms in total. The fraction of sp³-hybridized carbons (Fsp3) is 0.257. The lowest BCUT2D eigenvalue weighted by Crippen LogP contribution is -2.49. The minimum atomic E-state index is -1.61. The second-order valence-electron chi connectivity index (χ2n) is 10.9. The number of carbonyl (C=O) groups is 1. The molecule has 4 aromatic rings. The zero-order valence-electron chi connectivity index (χ0n) is 26.3. The van der Waals surface area contributed by atoms with Crippen LogP contribution in [-0.2, 0) is 29.0 Å². The highest BCUT2D eigenvalue weighted by Gasteiger charge is 2.54. The number of ether oxygens (including phenoxy) is 3. The van der Waals surface area contributed by atoms with E-state index >= 15 is 0 Å². The zero-order chi connectivity index (χ0) is 33.8. The number of hydrogen-bond donors (Lipinski definition) is 2. The fourth-order valence-corrected chi connectivity index (χ4v) is 5.57. The Bertz CT molecular complexity index is 1870. The number of hydrogen-bond acceptors (Lipinski definition) is 8. The molecule has 244 valence electrons. The van der Waals surface area contributed by atoms with Gasteiger partial charge in [0.2, 0.25) is 5.90 Å². The van der Waals surface area contributed by atoms with E-state index in [-0.39, 0.29) is 32.0 Å². The van der Waals surface area contributed by atoms with E-state index in [1.807, 2.05) is 48.5 Å². The Labute approximate surface area is 277 Å². The van der Waals surface area contributed by atoms with Gasteiger partial charge in [0.1, 0.15) is 11.5 Å². The predicted molar refractivity (Wildman–Crippen MR) is 180 cm³/mol. The van der Waals surface area contributed by atoms with Crippen molar-refractivity contribution < 1.29 is 24.1 Å². The number of aliphatic hydroxyl groups is 1. The first-order valence-corrected chi connectivity index (χ1v) is 15.3. The van der Waals surface area contributed by atoms with E-state index < -0.39 is 17.6 Å². The Kier molecular flexibility index (Phi) is 11.1. The number of nitrogens with zero attached hydrogens (tertiary/aromatic N) is 7. The van der Waals surface area contributed by atoms with Gasteiger partial charge >= 0.3 is 0 Å². The third-order valence-corrected chi connectivity index (χ3v) is 7.92. The average molecular weight is 647 g/mol. The Morgan fingerprint density at radius 1 is 0.958 bits per heavy atom. The number of para-hydroxylation sites is 1. The van der Waals surface area contributed by atoms with Crippen molar-refractivity contribution in [1.82, 2.24) is 5.32 Å². The molecule has 48 heavy (non-hydrogen) atoms. The Hall–Kier alpha value is -6.00. The van der Waals surface area contributed by atoms with Crippen LogP contribution in [0, 0.1) is 0 Å². The maximum absolute atomic E-state index is 14.7. The first-order chi connectivity index (χ1) is 23.5. The number of methoxy groups -OCH3 is 1. The SMILES string of the molecule is COc1ccccc1CNC(=O)[C@]1(Cc2ccccc2CN=[N+]=[N-])N=C(c2ccc(OCCCO)cc2)O[C@@H]1c1ccccc1N=[N+]=[N-]. The minimum absolute atomic E-state index is 0.0225. The first kappa shape index (κ1) is 33.4. The summed E-state index contributed by atoms with van der Waals surface area (Å²) in [6.45, 7) is 0.589. The summed E-state index contributed by atoms with van der Waals surface area (Å²) in [4.78, 5) is 25.7. The Morgan fingerprint density at radius 3 is 2.40 bits per heavy atom. The van der Waals surface area contributed by atoms with Gasteiger partial charge in [-0.25, -0.2) is 4.99 Å². The van der Waals surface area contributed by atoms with Crippen LogP contribution in [0.3, 0.4) is 0 Å². The highest BCUT2D eigenvalue weighted by molar-refractivity contribution is 6.01. The van der Waals surface area contributed by atoms with Gasteiger partial charge in [-0.3, -0.25) is 4.79 Å². The van der Waals surface area contributed by atoms with Crippen LogP contribution in [-0.4, -0.2) is 42.8 Å². The van der Waals surface area contributed by atoms with Gasteiger partial charge in [0.05, 0.1) is 20.3 Å². The van der Waals surface area contributed by atoms with Gasteiger partial charge in [-0.1, -0.05) is 77.0 Å². The van der Waals surface area contributed by atoms with Crippen LogP contribution in [0.1, 0.15) is 40.3 Å². The van der Waals surface area contributed by atoms with Crippen molar-refractivity contribution in [3.8, 4) is 11.5 Å². The van der Waals surface area contributed by atoms with Crippen molar-refractivity contribution in [3.05, 3.63) is 146 Å². The van der Waals surface area contributed by atoms with Crippen molar-refractivity contribution in [2.45, 2.75) is 37.6 Å². The molecule has 5 rings (SSSR count). The summed E-state index contributed by atoms with van der Waals surface area (Å²) in [6.07, 6.45) is -0.472. The second-order valence-corrected chi connectivity index (χ2v) is 10.9. The van der Waals surface area contributed by atoms with Gasteiger partial charge in [-0.05, 0) is 52.5 Å². The number of nitrogens with one attached hydrogen (secondary N) is 1. The number of aliphatic hydroxyl groups excluding tert-OH is 1. The van der Waals surface area contributed by atoms with Crippen LogP contribution in [0.2, 0.25) is 0 Å². The van der Waals surface area contributed by atoms with Crippen molar-refractivity contribution in [2.75, 3.05) is 20.3 Å². The number of carbonyl (C=O) groups excluding carboxylic acids is 1. The summed E-state index contributed by atoms with van der Waals surface area (Å²) in [5.74, 6) is 0.984. The molecule has 0 aromatic heterocycles. The first-order valence-electron chi connectivity index (χ1n) is 15.3. The van der Waals surface area contributed by atoms with E-state index in [9.17, 15) is 10.3 Å². The van der Waals surface area contributed by atoms with E-state index in [2.05, 4.69) is 25.4 Å². The Morgan fingerprint density at radius 2 is 1.67 bits per heavy atom. The summed E-state index contributed by atoms with van der Waals surface area (Å²) in [7, 11) is 1.57. The summed E-state index contributed by atoms with van der Waals surface area (Å²) in [5.41, 5.74) is 20.4. The van der Waals surface area contributed by atoms with Crippen LogP contribution >= 0.6 is 0 Å². The lowest BCUT2D eigenvalue weighted by Gasteiger charge is -2.32. The molecule has 0 bridgehead atoms. The van der Waals surface area contributed by atoms with Crippen molar-refractivity contribution in [2.24, 2.45) is 15.2 Å². The van der Waals surface area contributed by atoms with E-state index in [1.165, 1.54) is 0 Å². The second kappa shape index (κ2) is 16.0. The minimum Gasteiger partial charge on any atom is -0.496 e. The molecule has 13 heteroatoms. The van der Waals surface area contributed by atoms with E-state index in [4.69, 9.17) is 29.8 Å². The van der Waals surface area contributed by atoms with Crippen molar-refractivity contribution in [1.29, 1.82) is 0 Å². The molecular weight excluding hydrogens is 612 g/mol. The molecule has 0 fully saturated rings. The molecule has 0 unspecified atom stereocenters. The normalized spacial score (nSPS) is 16.5. The molecule has 0 radical (unpaired) electrons. The van der Waals surface area contributed by atoms with Gasteiger partial charge in [-0.15, -0.1) is 0 Å². The number of benzene rings is 4. The Balaban J connectivity index is 1.65. The van der Waals surface area contributed by atoms with Gasteiger partial charge < -0.3 is 24.6 Å². The number of aliphatic imine (C=N–C) groups is 1. The standard InChI is InChI=1S/C35H34N8O5/c1-46-31-14-7-4-11-27(31)22-38-34(45)35(21-25-9-2-3-10-26(25)23-39-42-36)32(29-12-5-6-13-30(29)41-43-37)48-33(40-35)24-15-17-28(18-16-24)47-20-8-19-44/h2-7,9-18,32,44H,8,19-23H2,1H3,(H,38,45)/t32-,35-/m1/s1. The predicted octanol–water partition coefficient (Wildman–Crippen LogP) is 7.02. The van der Waals surface area contributed by atoms with Crippen LogP contribution in [0.25, 0.3) is 20.9 Å². The van der Waals surface area contributed by atoms with Crippen molar-refractivity contribution in [3.63, 3.8) is 0 Å². The average Bonchev–Trinajstić information content (AvgIpc) is 3.51. The maximum Gasteiger partial charge on any atom is 0.252 e. The molecular formula is C35H34N8O5. The third-order valence-electron chi connectivity index (χ3n) is 7.92. The molecule has 1 amide bonds. The molecule has 2 N–H and O–H groups in total. The maximum atomic E-state index is 14.7. The molecule has 1 aliphatic heterocycles. The summed E-state index contributed by atoms with van der Waals surface area (Å²) >= 11 is 0. The van der Waals surface area contributed by atoms with Crippen LogP contribution in [0.15, 0.2) is 112 Å². The van der Waals surface area contributed by atoms with Gasteiger partial charge in [0.25, 0.3) is 5.91 Å². The quantitative estimate of drug-likeness (QED) is 0.0606. The molecule has 2 atom stereocenters. The van der Waals surface area contributed by atoms with Crippen LogP contribution in [0.4, 0.5) is 5.69 Å². The highest BCUT2D eigenvalue weighted by atomic mass is 16.5. The zero-order valence-corrected chi connectivity index (χ0v) is 26.3. The summed E-state index contributed by atoms with van der Waals surface area (Å²) < 4.78 is 17.8. The topological polar surface area (TPSA) is 187 Å². The molecule has 0 spiro atoms. The monoisotopic (exact) mass is 646 g/mol. The van der Waals surface area contributed by atoms with Crippen LogP contribution in [0.5, 0.6) is 11.5 Å². The number of amides is 1. The van der Waals surface area contributed by atoms with E-state index in [0.29, 0.717) is 41.3 Å². The van der Waals surface area contributed by atoms with Gasteiger partial charge in [0, 0.05) is 58.2 Å². The summed E-state index contributed by atoms with van der Waals surface area (Å²) in [6, 6.07) is 28.7. The molecule has 0 saturated carbocycles. The molecule has 4 aromatic carbocycles. The molecule has 1 heterocycles. The van der Waals surface area contributed by atoms with Gasteiger partial charge in [-0.2, -0.15) is 0 Å². The largest absolute Gasteiger partial charge is 0.496 e. The van der Waals surface area contributed by atoms with Gasteiger partial charge in [0.15, 0.2) is 11.6 Å².